The van der Waals surface area contributed by atoms with Crippen LogP contribution in [0.3, 0.4) is 0 Å². The quantitative estimate of drug-likeness (QED) is 0.375. The Morgan fingerprint density at radius 1 is 1.09 bits per heavy atom. The van der Waals surface area contributed by atoms with Crippen LogP contribution in [0.5, 0.6) is 0 Å². The first kappa shape index (κ1) is 21.3. The molecule has 0 unspecified atom stereocenters. The van der Waals surface area contributed by atoms with Crippen LogP contribution in [-0.4, -0.2) is 17.8 Å². The Kier molecular flexibility index (Phi) is 12.4. The lowest BCUT2D eigenvalue weighted by Gasteiger charge is -2.21. The first-order valence-corrected chi connectivity index (χ1v) is 9.52. The van der Waals surface area contributed by atoms with Crippen LogP contribution in [0.1, 0.15) is 52.9 Å². The molecule has 0 aliphatic heterocycles. The van der Waals surface area contributed by atoms with Crippen molar-refractivity contribution in [1.82, 2.24) is 4.57 Å². The van der Waals surface area contributed by atoms with Gasteiger partial charge in [0.1, 0.15) is 12.4 Å². The Bertz CT molecular complexity index is 411. The van der Waals surface area contributed by atoms with Gasteiger partial charge >= 0.3 is 0 Å². The van der Waals surface area contributed by atoms with E-state index in [0.29, 0.717) is 12.8 Å². The van der Waals surface area contributed by atoms with Crippen LogP contribution in [0, 0.1) is 0 Å². The van der Waals surface area contributed by atoms with Crippen molar-refractivity contribution >= 4 is 7.82 Å². The van der Waals surface area contributed by atoms with E-state index in [9.17, 15) is 9.46 Å². The topological polar surface area (TPSA) is 67.4 Å². The van der Waals surface area contributed by atoms with Gasteiger partial charge in [-0.25, -0.2) is 9.13 Å². The maximum absolute atomic E-state index is 10.7. The highest BCUT2D eigenvalue weighted by atomic mass is 31.2. The number of imidazole rings is 1. The lowest BCUT2D eigenvalue weighted by atomic mass is 10.2. The molecule has 1 aromatic rings. The number of hydrogen-bond donors (Lipinski definition) is 0. The molecule has 6 nitrogen and oxygen atoms in total. The van der Waals surface area contributed by atoms with Crippen LogP contribution < -0.4 is 9.46 Å². The molecule has 0 saturated carbocycles. The minimum absolute atomic E-state index is 0.199. The molecule has 7 heteroatoms. The van der Waals surface area contributed by atoms with Gasteiger partial charge in [0.15, 0.2) is 0 Å². The maximum atomic E-state index is 10.7. The number of rotatable bonds is 10. The van der Waals surface area contributed by atoms with Crippen LogP contribution in [0.2, 0.25) is 0 Å². The van der Waals surface area contributed by atoms with Gasteiger partial charge in [-0.05, 0) is 25.7 Å². The van der Waals surface area contributed by atoms with Crippen molar-refractivity contribution in [2.75, 3.05) is 13.2 Å². The van der Waals surface area contributed by atoms with Gasteiger partial charge in [0.25, 0.3) is 7.82 Å². The third-order valence-electron chi connectivity index (χ3n) is 2.75. The number of unbranched alkanes of at least 4 members (excludes halogenated alkanes) is 2. The summed E-state index contributed by atoms with van der Waals surface area (Å²) < 4.78 is 24.0. The van der Waals surface area contributed by atoms with E-state index in [1.54, 1.807) is 0 Å². The van der Waals surface area contributed by atoms with Gasteiger partial charge in [0.2, 0.25) is 6.33 Å². The first-order valence-electron chi connectivity index (χ1n) is 8.06. The molecule has 1 heterocycles. The molecule has 22 heavy (non-hydrogen) atoms. The summed E-state index contributed by atoms with van der Waals surface area (Å²) in [4.78, 5) is 10.7. The van der Waals surface area contributed by atoms with E-state index in [2.05, 4.69) is 50.9 Å². The van der Waals surface area contributed by atoms with Crippen LogP contribution in [-0.2, 0) is 27.2 Å². The Morgan fingerprint density at radius 2 is 1.68 bits per heavy atom. The maximum Gasteiger partial charge on any atom is 0.267 e. The summed E-state index contributed by atoms with van der Waals surface area (Å²) in [5.74, 6) is 0. The van der Waals surface area contributed by atoms with E-state index in [-0.39, 0.29) is 13.2 Å². The third-order valence-corrected chi connectivity index (χ3v) is 3.75. The summed E-state index contributed by atoms with van der Waals surface area (Å²) in [6, 6.07) is 0. The fourth-order valence-corrected chi connectivity index (χ4v) is 2.51. The fraction of sp³-hybridized carbons (Fsp3) is 0.800. The predicted octanol–water partition coefficient (Wildman–Crippen LogP) is 2.81. The van der Waals surface area contributed by atoms with Gasteiger partial charge in [-0.3, -0.25) is 4.57 Å². The molecule has 0 bridgehead atoms. The molecule has 0 spiro atoms. The summed E-state index contributed by atoms with van der Waals surface area (Å²) in [6.45, 7) is 7.46. The highest BCUT2D eigenvalue weighted by molar-refractivity contribution is 7.45. The SMILES string of the molecule is CCCCCn1cc[n+](C)c1.CCCOP(=O)([O-])OCCC. The fourth-order valence-electron chi connectivity index (χ4n) is 1.62. The van der Waals surface area contributed by atoms with E-state index >= 15 is 0 Å². The molecule has 0 atom stereocenters. The summed E-state index contributed by atoms with van der Waals surface area (Å²) in [5, 5.41) is 0. The van der Waals surface area contributed by atoms with Crippen molar-refractivity contribution in [1.29, 1.82) is 0 Å². The standard InChI is InChI=1S/C9H17N2.C6H15O4P/c1-3-4-5-6-11-8-7-10(2)9-11;1-3-5-9-11(7,8)10-6-4-2/h7-9H,3-6H2,1-2H3;3-6H2,1-2H3,(H,7,8)/q+1;/p-1. The van der Waals surface area contributed by atoms with Gasteiger partial charge in [-0.15, -0.1) is 0 Å². The second kappa shape index (κ2) is 12.8. The van der Waals surface area contributed by atoms with E-state index in [0.717, 1.165) is 6.54 Å². The third kappa shape index (κ3) is 11.9. The lowest BCUT2D eigenvalue weighted by Crippen LogP contribution is -2.23. The average molecular weight is 334 g/mol. The van der Waals surface area contributed by atoms with E-state index in [1.165, 1.54) is 19.3 Å². The molecule has 0 aromatic carbocycles. The number of phosphoric acid groups is 1. The smallest absolute Gasteiger partial charge is 0.267 e. The molecule has 0 N–H and O–H groups in total. The summed E-state index contributed by atoms with van der Waals surface area (Å²) in [7, 11) is -1.92. The molecule has 0 radical (unpaired) electrons. The molecular formula is C15H31N2O4P. The summed E-state index contributed by atoms with van der Waals surface area (Å²) in [5.41, 5.74) is 0. The zero-order valence-corrected chi connectivity index (χ0v) is 15.3. The van der Waals surface area contributed by atoms with Gasteiger partial charge in [0.05, 0.1) is 26.8 Å². The number of aromatic nitrogens is 2. The van der Waals surface area contributed by atoms with Crippen molar-refractivity contribution in [3.8, 4) is 0 Å². The summed E-state index contributed by atoms with van der Waals surface area (Å²) >= 11 is 0. The second-order valence-corrected chi connectivity index (χ2v) is 6.55. The Balaban J connectivity index is 0.000000401. The number of hydrogen-bond acceptors (Lipinski definition) is 4. The van der Waals surface area contributed by atoms with Crippen molar-refractivity contribution in [3.63, 3.8) is 0 Å². The van der Waals surface area contributed by atoms with Crippen LogP contribution >= 0.6 is 7.82 Å². The predicted molar refractivity (Wildman–Crippen MR) is 85.2 cm³/mol. The zero-order chi connectivity index (χ0) is 16.8. The second-order valence-electron chi connectivity index (χ2n) is 5.14. The molecule has 0 amide bonds. The molecule has 1 rings (SSSR count). The largest absolute Gasteiger partial charge is 0.756 e. The molecular weight excluding hydrogens is 303 g/mol. The van der Waals surface area contributed by atoms with Crippen molar-refractivity contribution in [3.05, 3.63) is 18.7 Å². The van der Waals surface area contributed by atoms with E-state index in [4.69, 9.17) is 0 Å². The van der Waals surface area contributed by atoms with Gasteiger partial charge in [0, 0.05) is 0 Å². The monoisotopic (exact) mass is 334 g/mol. The van der Waals surface area contributed by atoms with E-state index in [1.807, 2.05) is 13.8 Å². The van der Waals surface area contributed by atoms with Gasteiger partial charge in [-0.2, -0.15) is 0 Å². The molecule has 130 valence electrons. The zero-order valence-electron chi connectivity index (χ0n) is 14.4. The van der Waals surface area contributed by atoms with E-state index < -0.39 is 7.82 Å². The van der Waals surface area contributed by atoms with Crippen molar-refractivity contribution in [2.24, 2.45) is 7.05 Å². The summed E-state index contributed by atoms with van der Waals surface area (Å²) in [6.07, 6.45) is 11.6. The number of aryl methyl sites for hydroxylation is 2. The Morgan fingerprint density at radius 3 is 2.09 bits per heavy atom. The van der Waals surface area contributed by atoms with Gasteiger partial charge < -0.3 is 13.9 Å². The number of phosphoric ester groups is 1. The molecule has 0 aliphatic carbocycles. The number of nitrogens with zero attached hydrogens (tertiary/aromatic N) is 2. The highest BCUT2D eigenvalue weighted by Crippen LogP contribution is 2.38. The average Bonchev–Trinajstić information content (AvgIpc) is 2.90. The minimum Gasteiger partial charge on any atom is -0.756 e. The Labute approximate surface area is 134 Å². The van der Waals surface area contributed by atoms with Crippen molar-refractivity contribution < 1.29 is 23.1 Å². The minimum atomic E-state index is -3.98. The normalized spacial score (nSPS) is 11.1. The van der Waals surface area contributed by atoms with Crippen LogP contribution in [0.25, 0.3) is 0 Å². The Hall–Kier alpha value is -0.680. The molecule has 0 saturated heterocycles. The van der Waals surface area contributed by atoms with Crippen LogP contribution in [0.4, 0.5) is 0 Å². The van der Waals surface area contributed by atoms with Crippen molar-refractivity contribution in [2.45, 2.75) is 59.4 Å². The van der Waals surface area contributed by atoms with Gasteiger partial charge in [-0.1, -0.05) is 27.2 Å². The molecule has 0 aliphatic rings. The highest BCUT2D eigenvalue weighted by Gasteiger charge is 2.06. The molecule has 0 fully saturated rings. The van der Waals surface area contributed by atoms with Crippen LogP contribution in [0.15, 0.2) is 18.7 Å². The first-order chi connectivity index (χ1) is 10.4. The molecule has 1 aromatic heterocycles. The lowest BCUT2D eigenvalue weighted by molar-refractivity contribution is -0.671.